The van der Waals surface area contributed by atoms with Gasteiger partial charge in [0.15, 0.2) is 0 Å². The highest BCUT2D eigenvalue weighted by Gasteiger charge is 1.94. The van der Waals surface area contributed by atoms with Crippen molar-refractivity contribution in [3.63, 3.8) is 0 Å². The Kier molecular flexibility index (Phi) is 3.85. The summed E-state index contributed by atoms with van der Waals surface area (Å²) in [7, 11) is 0. The zero-order valence-electron chi connectivity index (χ0n) is 8.95. The number of nitrogens with one attached hydrogen (secondary N) is 1. The number of nitrogens with zero attached hydrogens (tertiary/aromatic N) is 1. The zero-order valence-corrected chi connectivity index (χ0v) is 8.95. The summed E-state index contributed by atoms with van der Waals surface area (Å²) >= 11 is 0. The van der Waals surface area contributed by atoms with Crippen LogP contribution in [0.1, 0.15) is 18.2 Å². The molecule has 1 aromatic rings. The quantitative estimate of drug-likeness (QED) is 0.777. The lowest BCUT2D eigenvalue weighted by Gasteiger charge is -2.00. The second-order valence-electron chi connectivity index (χ2n) is 3.28. The molecule has 0 aliphatic rings. The Balaban J connectivity index is 2.57. The summed E-state index contributed by atoms with van der Waals surface area (Å²) in [6.45, 7) is 3.86. The number of hydrogen-bond donors (Lipinski definition) is 2. The predicted octanol–water partition coefficient (Wildman–Crippen LogP) is 1.12. The molecule has 0 atom stereocenters. The first-order valence-corrected chi connectivity index (χ1v) is 4.72. The first kappa shape index (κ1) is 11.2. The monoisotopic (exact) mass is 205 g/mol. The largest absolute Gasteiger partial charge is 0.397 e. The molecule has 0 radical (unpaired) electrons. The summed E-state index contributed by atoms with van der Waals surface area (Å²) in [5.74, 6) is -0.0406. The minimum absolute atomic E-state index is 0.0406. The van der Waals surface area contributed by atoms with E-state index in [1.807, 2.05) is 25.1 Å². The number of carbonyl (C=O) groups is 1. The van der Waals surface area contributed by atoms with Crippen LogP contribution in [0.2, 0.25) is 0 Å². The highest BCUT2D eigenvalue weighted by Crippen LogP contribution is 2.10. The van der Waals surface area contributed by atoms with Crippen molar-refractivity contribution in [1.29, 1.82) is 0 Å². The van der Waals surface area contributed by atoms with Gasteiger partial charge in [-0.15, -0.1) is 0 Å². The van der Waals surface area contributed by atoms with Crippen LogP contribution in [0.5, 0.6) is 0 Å². The number of anilines is 1. The fourth-order valence-electron chi connectivity index (χ4n) is 1.06. The Morgan fingerprint density at radius 3 is 3.00 bits per heavy atom. The molecule has 0 aromatic carbocycles. The zero-order chi connectivity index (χ0) is 11.3. The van der Waals surface area contributed by atoms with Gasteiger partial charge in [-0.05, 0) is 18.6 Å². The lowest BCUT2D eigenvalue weighted by Crippen LogP contribution is -2.19. The second-order valence-corrected chi connectivity index (χ2v) is 3.28. The van der Waals surface area contributed by atoms with Crippen molar-refractivity contribution in [2.24, 2.45) is 0 Å². The van der Waals surface area contributed by atoms with E-state index in [2.05, 4.69) is 10.3 Å². The van der Waals surface area contributed by atoms with Gasteiger partial charge < -0.3 is 11.1 Å². The van der Waals surface area contributed by atoms with Crippen molar-refractivity contribution in [2.45, 2.75) is 13.8 Å². The summed E-state index contributed by atoms with van der Waals surface area (Å²) in [6, 6.07) is 1.85. The number of carbonyl (C=O) groups excluding carboxylic acids is 1. The number of hydrogen-bond acceptors (Lipinski definition) is 3. The van der Waals surface area contributed by atoms with E-state index in [1.165, 1.54) is 6.92 Å². The number of nitrogen functional groups attached to an aromatic ring is 1. The molecule has 3 N–H and O–H groups in total. The molecule has 80 valence electrons. The fourth-order valence-corrected chi connectivity index (χ4v) is 1.06. The van der Waals surface area contributed by atoms with E-state index in [0.717, 1.165) is 11.3 Å². The molecule has 1 heterocycles. The number of rotatable bonds is 3. The van der Waals surface area contributed by atoms with Gasteiger partial charge in [0.05, 0.1) is 11.4 Å². The van der Waals surface area contributed by atoms with Gasteiger partial charge in [-0.1, -0.05) is 12.2 Å². The van der Waals surface area contributed by atoms with E-state index >= 15 is 0 Å². The van der Waals surface area contributed by atoms with Crippen molar-refractivity contribution in [1.82, 2.24) is 10.3 Å². The summed E-state index contributed by atoms with van der Waals surface area (Å²) in [4.78, 5) is 14.7. The number of nitrogens with two attached hydrogens (primary N) is 1. The number of pyridine rings is 1. The molecule has 0 saturated carbocycles. The van der Waals surface area contributed by atoms with Crippen molar-refractivity contribution in [2.75, 3.05) is 12.3 Å². The minimum atomic E-state index is -0.0406. The molecule has 0 bridgehead atoms. The summed E-state index contributed by atoms with van der Waals surface area (Å²) in [5.41, 5.74) is 8.15. The molecule has 0 unspecified atom stereocenters. The van der Waals surface area contributed by atoms with Crippen molar-refractivity contribution in [3.8, 4) is 0 Å². The Bertz CT molecular complexity index is 385. The average molecular weight is 205 g/mol. The number of aryl methyl sites for hydroxylation is 1. The van der Waals surface area contributed by atoms with E-state index < -0.39 is 0 Å². The van der Waals surface area contributed by atoms with Crippen molar-refractivity contribution < 1.29 is 4.79 Å². The summed E-state index contributed by atoms with van der Waals surface area (Å²) in [6.07, 6.45) is 5.47. The first-order valence-electron chi connectivity index (χ1n) is 4.72. The van der Waals surface area contributed by atoms with E-state index in [9.17, 15) is 4.79 Å². The molecule has 4 heteroatoms. The lowest BCUT2D eigenvalue weighted by atomic mass is 10.2. The van der Waals surface area contributed by atoms with Gasteiger partial charge in [0.2, 0.25) is 5.91 Å². The molecule has 0 saturated heterocycles. The molecule has 1 rings (SSSR count). The maximum absolute atomic E-state index is 10.6. The van der Waals surface area contributed by atoms with Gasteiger partial charge in [-0.3, -0.25) is 9.78 Å². The smallest absolute Gasteiger partial charge is 0.217 e. The normalized spacial score (nSPS) is 10.5. The van der Waals surface area contributed by atoms with Crippen LogP contribution in [0.3, 0.4) is 0 Å². The third kappa shape index (κ3) is 3.81. The summed E-state index contributed by atoms with van der Waals surface area (Å²) < 4.78 is 0. The van der Waals surface area contributed by atoms with Crippen LogP contribution in [0.25, 0.3) is 6.08 Å². The van der Waals surface area contributed by atoms with Gasteiger partial charge in [0.1, 0.15) is 0 Å². The van der Waals surface area contributed by atoms with Crippen LogP contribution in [-0.4, -0.2) is 17.4 Å². The molecule has 1 aromatic heterocycles. The van der Waals surface area contributed by atoms with Crippen LogP contribution in [-0.2, 0) is 4.79 Å². The van der Waals surface area contributed by atoms with Crippen LogP contribution in [0.4, 0.5) is 5.69 Å². The number of aromatic nitrogens is 1. The Labute approximate surface area is 89.2 Å². The Morgan fingerprint density at radius 2 is 2.40 bits per heavy atom. The van der Waals surface area contributed by atoms with Crippen molar-refractivity contribution in [3.05, 3.63) is 29.6 Å². The van der Waals surface area contributed by atoms with Crippen LogP contribution >= 0.6 is 0 Å². The van der Waals surface area contributed by atoms with E-state index in [-0.39, 0.29) is 5.91 Å². The molecule has 0 fully saturated rings. The fraction of sp³-hybridized carbons (Fsp3) is 0.273. The minimum Gasteiger partial charge on any atom is -0.397 e. The summed E-state index contributed by atoms with van der Waals surface area (Å²) in [5, 5.41) is 2.66. The first-order chi connectivity index (χ1) is 7.09. The van der Waals surface area contributed by atoms with E-state index in [1.54, 1.807) is 6.20 Å². The molecule has 4 nitrogen and oxygen atoms in total. The molecule has 15 heavy (non-hydrogen) atoms. The highest BCUT2D eigenvalue weighted by molar-refractivity contribution is 5.73. The maximum Gasteiger partial charge on any atom is 0.217 e. The molecule has 0 spiro atoms. The molecule has 0 aliphatic carbocycles. The molecular formula is C11H15N3O. The lowest BCUT2D eigenvalue weighted by molar-refractivity contribution is -0.118. The second kappa shape index (κ2) is 5.14. The number of amides is 1. The van der Waals surface area contributed by atoms with Crippen molar-refractivity contribution >= 4 is 17.7 Å². The van der Waals surface area contributed by atoms with Gasteiger partial charge in [0, 0.05) is 19.7 Å². The maximum atomic E-state index is 10.6. The third-order valence-corrected chi connectivity index (χ3v) is 1.93. The van der Waals surface area contributed by atoms with E-state index in [4.69, 9.17) is 5.73 Å². The molecule has 0 aliphatic heterocycles. The topological polar surface area (TPSA) is 68.0 Å². The van der Waals surface area contributed by atoms with E-state index in [0.29, 0.717) is 12.2 Å². The van der Waals surface area contributed by atoms with Gasteiger partial charge in [-0.25, -0.2) is 0 Å². The average Bonchev–Trinajstić information content (AvgIpc) is 2.18. The van der Waals surface area contributed by atoms with Crippen LogP contribution in [0, 0.1) is 6.92 Å². The molecule has 1 amide bonds. The predicted molar refractivity (Wildman–Crippen MR) is 61.1 cm³/mol. The third-order valence-electron chi connectivity index (χ3n) is 1.93. The Morgan fingerprint density at radius 1 is 1.67 bits per heavy atom. The van der Waals surface area contributed by atoms with Crippen LogP contribution in [0.15, 0.2) is 18.3 Å². The highest BCUT2D eigenvalue weighted by atomic mass is 16.1. The van der Waals surface area contributed by atoms with Gasteiger partial charge in [-0.2, -0.15) is 0 Å². The van der Waals surface area contributed by atoms with Crippen LogP contribution < -0.4 is 11.1 Å². The molecular weight excluding hydrogens is 190 g/mol. The standard InChI is InChI=1S/C11H15N3O/c1-8-11(12)6-10(7-14-8)4-3-5-13-9(2)15/h3-4,6-7H,5,12H2,1-2H3,(H,13,15). The van der Waals surface area contributed by atoms with Gasteiger partial charge in [0.25, 0.3) is 0 Å². The Hall–Kier alpha value is -1.84. The van der Waals surface area contributed by atoms with Gasteiger partial charge >= 0.3 is 0 Å². The SMILES string of the molecule is CC(=O)NCC=Cc1cnc(C)c(N)c1.